The van der Waals surface area contributed by atoms with Crippen molar-refractivity contribution in [3.05, 3.63) is 54.6 Å². The van der Waals surface area contributed by atoms with Gasteiger partial charge in [0.2, 0.25) is 0 Å². The zero-order valence-corrected chi connectivity index (χ0v) is 10.6. The van der Waals surface area contributed by atoms with E-state index in [1.165, 1.54) is 0 Å². The lowest BCUT2D eigenvalue weighted by molar-refractivity contribution is -0.132. The molecule has 98 valence electrons. The number of benzene rings is 2. The van der Waals surface area contributed by atoms with E-state index in [1.807, 2.05) is 42.5 Å². The van der Waals surface area contributed by atoms with Crippen molar-refractivity contribution in [3.63, 3.8) is 0 Å². The van der Waals surface area contributed by atoms with Crippen LogP contribution in [0, 0.1) is 0 Å². The quantitative estimate of drug-likeness (QED) is 0.661. The zero-order valence-electron chi connectivity index (χ0n) is 10.6. The van der Waals surface area contributed by atoms with Gasteiger partial charge in [-0.05, 0) is 24.3 Å². The van der Waals surface area contributed by atoms with Crippen LogP contribution in [0.5, 0.6) is 11.5 Å². The number of rotatable bonds is 5. The molecule has 0 aliphatic rings. The van der Waals surface area contributed by atoms with Crippen LogP contribution in [-0.2, 0) is 4.79 Å². The molecule has 0 spiro atoms. The molecule has 1 N–H and O–H groups in total. The molecule has 2 rings (SSSR count). The summed E-state index contributed by atoms with van der Waals surface area (Å²) < 4.78 is 10.3. The maximum Gasteiger partial charge on any atom is 0.330 e. The van der Waals surface area contributed by atoms with Crippen LogP contribution >= 0.6 is 0 Å². The molecule has 2 aromatic carbocycles. The molecule has 0 radical (unpaired) electrons. The Morgan fingerprint density at radius 1 is 1.05 bits per heavy atom. The van der Waals surface area contributed by atoms with Gasteiger partial charge in [0, 0.05) is 11.8 Å². The summed E-state index contributed by atoms with van der Waals surface area (Å²) in [4.78, 5) is 11.6. The van der Waals surface area contributed by atoms with E-state index < -0.39 is 0 Å². The van der Waals surface area contributed by atoms with Crippen LogP contribution in [0.25, 0.3) is 0 Å². The summed E-state index contributed by atoms with van der Waals surface area (Å²) in [5.41, 5.74) is 0.810. The molecular weight excluding hydrogens is 242 g/mol. The van der Waals surface area contributed by atoms with Crippen molar-refractivity contribution in [1.29, 1.82) is 0 Å². The Morgan fingerprint density at radius 3 is 2.53 bits per heavy atom. The highest BCUT2D eigenvalue weighted by Crippen LogP contribution is 2.16. The average molecular weight is 257 g/mol. The Balaban J connectivity index is 1.86. The summed E-state index contributed by atoms with van der Waals surface area (Å²) >= 11 is 0. The van der Waals surface area contributed by atoms with Gasteiger partial charge in [-0.15, -0.1) is 0 Å². The van der Waals surface area contributed by atoms with Crippen LogP contribution in [0.1, 0.15) is 0 Å². The second kappa shape index (κ2) is 6.44. The third kappa shape index (κ3) is 4.03. The molecule has 0 heterocycles. The van der Waals surface area contributed by atoms with Gasteiger partial charge in [0.15, 0.2) is 0 Å². The highest BCUT2D eigenvalue weighted by molar-refractivity contribution is 5.77. The highest BCUT2D eigenvalue weighted by Gasteiger charge is 2.04. The summed E-state index contributed by atoms with van der Waals surface area (Å²) in [6.45, 7) is 0.0993. The van der Waals surface area contributed by atoms with Crippen molar-refractivity contribution in [1.82, 2.24) is 0 Å². The molecule has 0 saturated carbocycles. The first-order valence-electron chi connectivity index (χ1n) is 5.91. The Hall–Kier alpha value is -2.49. The summed E-state index contributed by atoms with van der Waals surface area (Å²) in [5.74, 6) is 0.940. The van der Waals surface area contributed by atoms with Crippen LogP contribution in [-0.4, -0.2) is 19.6 Å². The first-order chi connectivity index (χ1) is 9.28. The standard InChI is InChI=1S/C15H15NO3/c1-18-14-9-5-6-12(10-14)16-11-15(17)19-13-7-3-2-4-8-13/h2-10,16H,11H2,1H3. The van der Waals surface area contributed by atoms with Gasteiger partial charge in [0.1, 0.15) is 18.0 Å². The molecule has 4 heteroatoms. The molecule has 4 nitrogen and oxygen atoms in total. The number of carbonyl (C=O) groups excluding carboxylic acids is 1. The number of para-hydroxylation sites is 1. The van der Waals surface area contributed by atoms with Gasteiger partial charge in [-0.25, -0.2) is 4.79 Å². The molecule has 0 saturated heterocycles. The van der Waals surface area contributed by atoms with Crippen LogP contribution in [0.3, 0.4) is 0 Å². The van der Waals surface area contributed by atoms with Gasteiger partial charge in [-0.2, -0.15) is 0 Å². The molecule has 2 aromatic rings. The first-order valence-corrected chi connectivity index (χ1v) is 5.91. The third-order valence-corrected chi connectivity index (χ3v) is 2.48. The van der Waals surface area contributed by atoms with Gasteiger partial charge >= 0.3 is 5.97 Å². The average Bonchev–Trinajstić information content (AvgIpc) is 2.46. The van der Waals surface area contributed by atoms with Crippen LogP contribution in [0.15, 0.2) is 54.6 Å². The molecule has 0 fully saturated rings. The van der Waals surface area contributed by atoms with Crippen molar-refractivity contribution in [2.24, 2.45) is 0 Å². The minimum atomic E-state index is -0.339. The minimum Gasteiger partial charge on any atom is -0.497 e. The van der Waals surface area contributed by atoms with E-state index >= 15 is 0 Å². The lowest BCUT2D eigenvalue weighted by atomic mass is 10.3. The number of hydrogen-bond donors (Lipinski definition) is 1. The van der Waals surface area contributed by atoms with E-state index in [9.17, 15) is 4.79 Å². The number of nitrogens with one attached hydrogen (secondary N) is 1. The van der Waals surface area contributed by atoms with E-state index in [1.54, 1.807) is 19.2 Å². The third-order valence-electron chi connectivity index (χ3n) is 2.48. The fourth-order valence-corrected chi connectivity index (χ4v) is 1.56. The van der Waals surface area contributed by atoms with E-state index in [4.69, 9.17) is 9.47 Å². The van der Waals surface area contributed by atoms with Gasteiger partial charge < -0.3 is 14.8 Å². The van der Waals surface area contributed by atoms with Crippen molar-refractivity contribution in [2.75, 3.05) is 19.0 Å². The molecule has 0 aliphatic carbocycles. The molecule has 0 atom stereocenters. The molecule has 0 aromatic heterocycles. The normalized spacial score (nSPS) is 9.74. The van der Waals surface area contributed by atoms with Gasteiger partial charge in [-0.3, -0.25) is 0 Å². The monoisotopic (exact) mass is 257 g/mol. The topological polar surface area (TPSA) is 47.6 Å². The predicted octanol–water partition coefficient (Wildman–Crippen LogP) is 2.71. The lowest BCUT2D eigenvalue weighted by Gasteiger charge is -2.08. The van der Waals surface area contributed by atoms with Crippen molar-refractivity contribution < 1.29 is 14.3 Å². The molecular formula is C15H15NO3. The summed E-state index contributed by atoms with van der Waals surface area (Å²) in [7, 11) is 1.60. The maximum atomic E-state index is 11.6. The van der Waals surface area contributed by atoms with Gasteiger partial charge in [-0.1, -0.05) is 24.3 Å². The number of ether oxygens (including phenoxy) is 2. The Morgan fingerprint density at radius 2 is 1.79 bits per heavy atom. The van der Waals surface area contributed by atoms with Gasteiger partial charge in [0.05, 0.1) is 7.11 Å². The van der Waals surface area contributed by atoms with E-state index in [0.29, 0.717) is 5.75 Å². The molecule has 19 heavy (non-hydrogen) atoms. The first kappa shape index (κ1) is 13.0. The molecule has 0 amide bonds. The van der Waals surface area contributed by atoms with Crippen LogP contribution in [0.2, 0.25) is 0 Å². The molecule has 0 aliphatic heterocycles. The predicted molar refractivity (Wildman–Crippen MR) is 73.6 cm³/mol. The number of esters is 1. The van der Waals surface area contributed by atoms with Crippen molar-refractivity contribution in [2.45, 2.75) is 0 Å². The second-order valence-corrected chi connectivity index (χ2v) is 3.87. The van der Waals surface area contributed by atoms with Crippen molar-refractivity contribution >= 4 is 11.7 Å². The number of methoxy groups -OCH3 is 1. The fraction of sp³-hybridized carbons (Fsp3) is 0.133. The van der Waals surface area contributed by atoms with Crippen LogP contribution in [0.4, 0.5) is 5.69 Å². The maximum absolute atomic E-state index is 11.6. The summed E-state index contributed by atoms with van der Waals surface area (Å²) in [5, 5.41) is 2.98. The van der Waals surface area contributed by atoms with E-state index in [0.717, 1.165) is 11.4 Å². The van der Waals surface area contributed by atoms with Crippen LogP contribution < -0.4 is 14.8 Å². The Labute approximate surface area is 112 Å². The zero-order chi connectivity index (χ0) is 13.5. The van der Waals surface area contributed by atoms with E-state index in [2.05, 4.69) is 5.32 Å². The fourth-order valence-electron chi connectivity index (χ4n) is 1.56. The minimum absolute atomic E-state index is 0.0993. The Kier molecular flexibility index (Phi) is 4.39. The largest absolute Gasteiger partial charge is 0.497 e. The summed E-state index contributed by atoms with van der Waals surface area (Å²) in [6.07, 6.45) is 0. The Bertz CT molecular complexity index is 540. The SMILES string of the molecule is COc1cccc(NCC(=O)Oc2ccccc2)c1. The number of carbonyl (C=O) groups is 1. The summed E-state index contributed by atoms with van der Waals surface area (Å²) in [6, 6.07) is 16.3. The van der Waals surface area contributed by atoms with E-state index in [-0.39, 0.29) is 12.5 Å². The number of hydrogen-bond acceptors (Lipinski definition) is 4. The van der Waals surface area contributed by atoms with Gasteiger partial charge in [0.25, 0.3) is 0 Å². The number of anilines is 1. The second-order valence-electron chi connectivity index (χ2n) is 3.87. The highest BCUT2D eigenvalue weighted by atomic mass is 16.5. The molecule has 0 unspecified atom stereocenters. The smallest absolute Gasteiger partial charge is 0.330 e. The lowest BCUT2D eigenvalue weighted by Crippen LogP contribution is -2.19. The molecule has 0 bridgehead atoms. The van der Waals surface area contributed by atoms with Crippen molar-refractivity contribution in [3.8, 4) is 11.5 Å².